The Morgan fingerprint density at radius 3 is 1.45 bits per heavy atom. The summed E-state index contributed by atoms with van der Waals surface area (Å²) >= 11 is 0. The van der Waals surface area contributed by atoms with Crippen LogP contribution >= 0.6 is 0 Å². The molecule has 0 aromatic heterocycles. The molecule has 0 amide bonds. The first kappa shape index (κ1) is 20.1. The normalized spacial score (nSPS) is 11.1. The van der Waals surface area contributed by atoms with Gasteiger partial charge in [-0.15, -0.1) is 0 Å². The smallest absolute Gasteiger partial charge is 0.246 e. The van der Waals surface area contributed by atoms with Crippen LogP contribution in [0.15, 0.2) is 0 Å². The fraction of sp³-hybridized carbons (Fsp3) is 1.00. The van der Waals surface area contributed by atoms with E-state index in [0.717, 1.165) is 6.61 Å². The van der Waals surface area contributed by atoms with Gasteiger partial charge in [-0.2, -0.15) is 0 Å². The first-order chi connectivity index (χ1) is 9.91. The van der Waals surface area contributed by atoms with E-state index in [1.807, 2.05) is 0 Å². The van der Waals surface area contributed by atoms with Crippen LogP contribution in [0.2, 0.25) is 0 Å². The third-order valence-electron chi connectivity index (χ3n) is 3.72. The van der Waals surface area contributed by atoms with E-state index in [-0.39, 0.29) is 0 Å². The standard InChI is InChI=1S/C17H35O2Si/c1-2-3-4-5-6-7-8-9-10-11-12-13-14-15-18-16-17-19-20/h2-17H2,1H3. The molecule has 3 radical (unpaired) electrons. The highest BCUT2D eigenvalue weighted by Crippen LogP contribution is 2.12. The van der Waals surface area contributed by atoms with Gasteiger partial charge in [-0.25, -0.2) is 0 Å². The van der Waals surface area contributed by atoms with Gasteiger partial charge >= 0.3 is 0 Å². The molecule has 0 heterocycles. The van der Waals surface area contributed by atoms with Gasteiger partial charge in [0.25, 0.3) is 0 Å². The number of hydrogen-bond donors (Lipinski definition) is 0. The topological polar surface area (TPSA) is 18.5 Å². The van der Waals surface area contributed by atoms with Crippen LogP contribution in [-0.2, 0) is 9.16 Å². The van der Waals surface area contributed by atoms with Crippen molar-refractivity contribution in [3.05, 3.63) is 0 Å². The Labute approximate surface area is 130 Å². The Balaban J connectivity index is 2.89. The van der Waals surface area contributed by atoms with E-state index < -0.39 is 0 Å². The van der Waals surface area contributed by atoms with E-state index in [4.69, 9.17) is 9.16 Å². The van der Waals surface area contributed by atoms with Crippen LogP contribution < -0.4 is 0 Å². The van der Waals surface area contributed by atoms with Gasteiger partial charge < -0.3 is 9.16 Å². The van der Waals surface area contributed by atoms with Crippen molar-refractivity contribution in [3.63, 3.8) is 0 Å². The SMILES string of the molecule is CCCCCCCCCCCCCCCOCCO[Si]. The largest absolute Gasteiger partial charge is 0.416 e. The number of ether oxygens (including phenoxy) is 1. The predicted molar refractivity (Wildman–Crippen MR) is 88.2 cm³/mol. The maximum atomic E-state index is 5.42. The zero-order chi connectivity index (χ0) is 14.7. The fourth-order valence-corrected chi connectivity index (χ4v) is 2.51. The van der Waals surface area contributed by atoms with Crippen LogP contribution in [0.25, 0.3) is 0 Å². The molecule has 0 unspecified atom stereocenters. The molecule has 0 fully saturated rings. The molecule has 0 aromatic carbocycles. The molecular formula is C17H35O2Si. The predicted octanol–water partition coefficient (Wildman–Crippen LogP) is 5.19. The van der Waals surface area contributed by atoms with Gasteiger partial charge in [-0.05, 0) is 6.42 Å². The number of rotatable bonds is 17. The Kier molecular flexibility index (Phi) is 19.3. The average molecular weight is 300 g/mol. The molecule has 2 nitrogen and oxygen atoms in total. The molecule has 3 heteroatoms. The van der Waals surface area contributed by atoms with Gasteiger partial charge in [-0.1, -0.05) is 84.0 Å². The third kappa shape index (κ3) is 18.1. The molecule has 0 spiro atoms. The van der Waals surface area contributed by atoms with Gasteiger partial charge in [0.2, 0.25) is 10.5 Å². The molecule has 0 N–H and O–H groups in total. The van der Waals surface area contributed by atoms with Crippen molar-refractivity contribution in [3.8, 4) is 0 Å². The van der Waals surface area contributed by atoms with E-state index in [1.54, 1.807) is 0 Å². The zero-order valence-corrected chi connectivity index (χ0v) is 14.6. The van der Waals surface area contributed by atoms with E-state index >= 15 is 0 Å². The molecule has 0 aliphatic carbocycles. The molecule has 0 atom stereocenters. The summed E-state index contributed by atoms with van der Waals surface area (Å²) in [6.07, 6.45) is 18.2. The van der Waals surface area contributed by atoms with Gasteiger partial charge in [0, 0.05) is 6.61 Å². The first-order valence-electron chi connectivity index (χ1n) is 8.78. The van der Waals surface area contributed by atoms with Crippen molar-refractivity contribution in [2.75, 3.05) is 19.8 Å². The summed E-state index contributed by atoms with van der Waals surface area (Å²) in [6, 6.07) is 0. The molecule has 0 aromatic rings. The summed E-state index contributed by atoms with van der Waals surface area (Å²) in [7, 11) is 2.96. The summed E-state index contributed by atoms with van der Waals surface area (Å²) in [4.78, 5) is 0. The van der Waals surface area contributed by atoms with E-state index in [0.29, 0.717) is 13.2 Å². The monoisotopic (exact) mass is 299 g/mol. The molecule has 0 aliphatic heterocycles. The van der Waals surface area contributed by atoms with Crippen LogP contribution in [0, 0.1) is 0 Å². The van der Waals surface area contributed by atoms with Crippen molar-refractivity contribution >= 4 is 10.5 Å². The quantitative estimate of drug-likeness (QED) is 0.272. The van der Waals surface area contributed by atoms with Crippen LogP contribution in [0.1, 0.15) is 90.4 Å². The Bertz CT molecular complexity index is 147. The van der Waals surface area contributed by atoms with Crippen LogP contribution in [0.4, 0.5) is 0 Å². The van der Waals surface area contributed by atoms with Gasteiger partial charge in [-0.3, -0.25) is 0 Å². The maximum Gasteiger partial charge on any atom is 0.246 e. The average Bonchev–Trinajstić information content (AvgIpc) is 2.47. The van der Waals surface area contributed by atoms with Gasteiger partial charge in [0.15, 0.2) is 0 Å². The Morgan fingerprint density at radius 1 is 0.550 bits per heavy atom. The lowest BCUT2D eigenvalue weighted by Crippen LogP contribution is -2.03. The first-order valence-corrected chi connectivity index (χ1v) is 9.19. The Hall–Kier alpha value is 0.137. The molecule has 0 aliphatic rings. The molecular weight excluding hydrogens is 264 g/mol. The molecule has 0 rings (SSSR count). The second-order valence-corrected chi connectivity index (χ2v) is 5.99. The zero-order valence-electron chi connectivity index (χ0n) is 13.6. The van der Waals surface area contributed by atoms with E-state index in [2.05, 4.69) is 17.4 Å². The van der Waals surface area contributed by atoms with Crippen LogP contribution in [-0.4, -0.2) is 30.3 Å². The molecule has 20 heavy (non-hydrogen) atoms. The fourth-order valence-electron chi connectivity index (χ4n) is 2.42. The lowest BCUT2D eigenvalue weighted by Gasteiger charge is -2.04. The molecule has 0 saturated carbocycles. The van der Waals surface area contributed by atoms with Crippen molar-refractivity contribution in [2.24, 2.45) is 0 Å². The second kappa shape index (κ2) is 19.1. The maximum absolute atomic E-state index is 5.42. The molecule has 119 valence electrons. The van der Waals surface area contributed by atoms with Crippen molar-refractivity contribution in [1.82, 2.24) is 0 Å². The number of unbranched alkanes of at least 4 members (excludes halogenated alkanes) is 12. The van der Waals surface area contributed by atoms with Crippen LogP contribution in [0.5, 0.6) is 0 Å². The van der Waals surface area contributed by atoms with Gasteiger partial charge in [0.1, 0.15) is 0 Å². The minimum Gasteiger partial charge on any atom is -0.416 e. The summed E-state index contributed by atoms with van der Waals surface area (Å²) in [6.45, 7) is 4.49. The summed E-state index contributed by atoms with van der Waals surface area (Å²) in [5.41, 5.74) is 0. The van der Waals surface area contributed by atoms with Crippen molar-refractivity contribution in [2.45, 2.75) is 90.4 Å². The minimum atomic E-state index is 0.634. The number of hydrogen-bond acceptors (Lipinski definition) is 2. The minimum absolute atomic E-state index is 0.634. The summed E-state index contributed by atoms with van der Waals surface area (Å²) in [5, 5.41) is 0. The highest BCUT2D eigenvalue weighted by atomic mass is 28.2. The second-order valence-electron chi connectivity index (χ2n) is 5.70. The van der Waals surface area contributed by atoms with E-state index in [9.17, 15) is 0 Å². The van der Waals surface area contributed by atoms with E-state index in [1.165, 1.54) is 83.5 Å². The van der Waals surface area contributed by atoms with Crippen LogP contribution in [0.3, 0.4) is 0 Å². The summed E-state index contributed by atoms with van der Waals surface area (Å²) < 4.78 is 10.2. The molecule has 0 bridgehead atoms. The third-order valence-corrected chi connectivity index (χ3v) is 3.93. The van der Waals surface area contributed by atoms with Crippen molar-refractivity contribution in [1.29, 1.82) is 0 Å². The highest BCUT2D eigenvalue weighted by Gasteiger charge is 1.94. The highest BCUT2D eigenvalue weighted by molar-refractivity contribution is 5.97. The molecule has 0 saturated heterocycles. The summed E-state index contributed by atoms with van der Waals surface area (Å²) in [5.74, 6) is 0. The van der Waals surface area contributed by atoms with Crippen molar-refractivity contribution < 1.29 is 9.16 Å². The lowest BCUT2D eigenvalue weighted by molar-refractivity contribution is 0.100. The lowest BCUT2D eigenvalue weighted by atomic mass is 10.0. The van der Waals surface area contributed by atoms with Gasteiger partial charge in [0.05, 0.1) is 13.2 Å². The Morgan fingerprint density at radius 2 is 1.00 bits per heavy atom.